The van der Waals surface area contributed by atoms with Crippen LogP contribution >= 0.6 is 11.6 Å². The number of Topliss-reactive ketones (excluding diaryl/α,β-unsaturated/α-hetero) is 1. The highest BCUT2D eigenvalue weighted by Crippen LogP contribution is 2.39. The Morgan fingerprint density at radius 1 is 1.32 bits per heavy atom. The average molecular weight is 402 g/mol. The van der Waals surface area contributed by atoms with Gasteiger partial charge in [0.2, 0.25) is 5.78 Å². The van der Waals surface area contributed by atoms with Crippen LogP contribution in [0.4, 0.5) is 4.39 Å². The van der Waals surface area contributed by atoms with E-state index >= 15 is 0 Å². The zero-order valence-electron chi connectivity index (χ0n) is 15.6. The number of ether oxygens (including phenoxy) is 1. The number of likely N-dealkylation sites (tertiary alicyclic amines) is 1. The Balaban J connectivity index is 1.70. The van der Waals surface area contributed by atoms with Crippen LogP contribution in [0.1, 0.15) is 47.7 Å². The molecule has 1 saturated heterocycles. The normalized spacial score (nSPS) is 23.0. The van der Waals surface area contributed by atoms with Crippen molar-refractivity contribution in [3.8, 4) is 11.5 Å². The van der Waals surface area contributed by atoms with E-state index in [9.17, 15) is 14.3 Å². The molecule has 28 heavy (non-hydrogen) atoms. The molecule has 4 rings (SSSR count). The standard InChI is InChI=1S/C22H21ClFNO3/c1-13-5-2-3-10-25(13)12-16-19(26)9-8-14-21(27)20(28-22(14)16)11-15-17(23)6-4-7-18(15)24/h4,6-9,11,13,26H,2-3,5,10,12H2,1H3. The molecule has 2 aromatic rings. The summed E-state index contributed by atoms with van der Waals surface area (Å²) in [4.78, 5) is 14.1. The predicted octanol–water partition coefficient (Wildman–Crippen LogP) is 3.13. The van der Waals surface area contributed by atoms with Gasteiger partial charge in [-0.3, -0.25) is 4.79 Å². The molecule has 0 saturated carbocycles. The van der Waals surface area contributed by atoms with Crippen molar-refractivity contribution in [2.24, 2.45) is 0 Å². The molecular weight excluding hydrogens is 381 g/mol. The molecule has 0 radical (unpaired) electrons. The molecule has 4 nitrogen and oxygen atoms in total. The smallest absolute Gasteiger partial charge is 0.231 e. The Morgan fingerprint density at radius 3 is 2.89 bits per heavy atom. The largest absolute Gasteiger partial charge is 0.872 e. The summed E-state index contributed by atoms with van der Waals surface area (Å²) in [7, 11) is 0. The lowest BCUT2D eigenvalue weighted by Gasteiger charge is -2.31. The summed E-state index contributed by atoms with van der Waals surface area (Å²) in [6.07, 6.45) is 4.76. The van der Waals surface area contributed by atoms with Crippen molar-refractivity contribution in [2.45, 2.75) is 38.8 Å². The monoisotopic (exact) mass is 401 g/mol. The summed E-state index contributed by atoms with van der Waals surface area (Å²) < 4.78 is 19.9. The van der Waals surface area contributed by atoms with Crippen LogP contribution in [0.5, 0.6) is 11.5 Å². The van der Waals surface area contributed by atoms with Gasteiger partial charge in [0.05, 0.1) is 23.2 Å². The first-order chi connectivity index (χ1) is 13.5. The number of hydrogen-bond acceptors (Lipinski definition) is 3. The van der Waals surface area contributed by atoms with Gasteiger partial charge in [0.25, 0.3) is 0 Å². The topological polar surface area (TPSA) is 53.8 Å². The fourth-order valence-corrected chi connectivity index (χ4v) is 4.20. The maximum absolute atomic E-state index is 14.1. The first-order valence-corrected chi connectivity index (χ1v) is 9.89. The Morgan fingerprint density at radius 2 is 2.14 bits per heavy atom. The Labute approximate surface area is 168 Å². The van der Waals surface area contributed by atoms with Crippen molar-refractivity contribution in [1.29, 1.82) is 0 Å². The van der Waals surface area contributed by atoms with Gasteiger partial charge in [-0.15, -0.1) is 0 Å². The van der Waals surface area contributed by atoms with Crippen LogP contribution in [-0.2, 0) is 6.54 Å². The van der Waals surface area contributed by atoms with Gasteiger partial charge in [0, 0.05) is 11.1 Å². The number of fused-ring (bicyclic) bond motifs is 1. The number of allylic oxidation sites excluding steroid dienone is 1. The van der Waals surface area contributed by atoms with Crippen molar-refractivity contribution in [3.05, 3.63) is 63.6 Å². The molecule has 6 heteroatoms. The predicted molar refractivity (Wildman–Crippen MR) is 103 cm³/mol. The van der Waals surface area contributed by atoms with E-state index in [0.717, 1.165) is 19.4 Å². The van der Waals surface area contributed by atoms with E-state index < -0.39 is 5.82 Å². The van der Waals surface area contributed by atoms with Gasteiger partial charge in [0.15, 0.2) is 5.76 Å². The van der Waals surface area contributed by atoms with Crippen molar-refractivity contribution >= 4 is 23.5 Å². The molecule has 0 aromatic heterocycles. The zero-order chi connectivity index (χ0) is 19.8. The van der Waals surface area contributed by atoms with Gasteiger partial charge in [0.1, 0.15) is 18.1 Å². The molecule has 2 heterocycles. The molecule has 2 unspecified atom stereocenters. The van der Waals surface area contributed by atoms with E-state index in [2.05, 4.69) is 6.92 Å². The van der Waals surface area contributed by atoms with E-state index in [4.69, 9.17) is 16.3 Å². The minimum Gasteiger partial charge on any atom is -0.872 e. The first-order valence-electron chi connectivity index (χ1n) is 9.51. The molecule has 2 aromatic carbocycles. The highest BCUT2D eigenvalue weighted by molar-refractivity contribution is 6.32. The third kappa shape index (κ3) is 3.40. The lowest BCUT2D eigenvalue weighted by molar-refractivity contribution is -0.942. The van der Waals surface area contributed by atoms with Crippen LogP contribution < -0.4 is 14.7 Å². The Bertz CT molecular complexity index is 952. The summed E-state index contributed by atoms with van der Waals surface area (Å²) in [5, 5.41) is 12.7. The lowest BCUT2D eigenvalue weighted by atomic mass is 10.0. The number of benzene rings is 2. The molecule has 2 aliphatic heterocycles. The molecule has 2 aliphatic rings. The van der Waals surface area contributed by atoms with Crippen LogP contribution in [0.15, 0.2) is 36.1 Å². The van der Waals surface area contributed by atoms with Gasteiger partial charge in [-0.05, 0) is 50.5 Å². The van der Waals surface area contributed by atoms with Crippen LogP contribution in [0, 0.1) is 5.82 Å². The Hall–Kier alpha value is -2.37. The number of carbonyl (C=O) groups is 1. The van der Waals surface area contributed by atoms with E-state index in [1.807, 2.05) is 0 Å². The number of nitrogens with one attached hydrogen (secondary N) is 1. The molecule has 1 N–H and O–H groups in total. The fraction of sp³-hybridized carbons (Fsp3) is 0.318. The number of carbonyl (C=O) groups excluding carboxylic acids is 1. The van der Waals surface area contributed by atoms with Crippen LogP contribution in [0.3, 0.4) is 0 Å². The fourth-order valence-electron chi connectivity index (χ4n) is 3.98. The number of rotatable bonds is 3. The summed E-state index contributed by atoms with van der Waals surface area (Å²) in [6.45, 7) is 3.69. The number of piperidine rings is 1. The van der Waals surface area contributed by atoms with Gasteiger partial charge >= 0.3 is 0 Å². The molecule has 0 aliphatic carbocycles. The number of hydrogen-bond donors (Lipinski definition) is 1. The second kappa shape index (κ2) is 7.57. The lowest BCUT2D eigenvalue weighted by Crippen LogP contribution is -3.14. The molecule has 2 atom stereocenters. The maximum Gasteiger partial charge on any atom is 0.231 e. The van der Waals surface area contributed by atoms with Crippen LogP contribution in [0.2, 0.25) is 5.02 Å². The minimum absolute atomic E-state index is 0.0180. The SMILES string of the molecule is CC1CCCC[NH+]1Cc1c([O-])ccc2c1OC(=Cc1c(F)cccc1Cl)C2=O. The average Bonchev–Trinajstić information content (AvgIpc) is 2.98. The third-order valence-electron chi connectivity index (χ3n) is 5.66. The van der Waals surface area contributed by atoms with Gasteiger partial charge in [-0.2, -0.15) is 0 Å². The molecule has 0 spiro atoms. The molecule has 0 amide bonds. The minimum atomic E-state index is -0.538. The number of halogens is 2. The van der Waals surface area contributed by atoms with Crippen molar-refractivity contribution in [2.75, 3.05) is 6.54 Å². The van der Waals surface area contributed by atoms with Gasteiger partial charge < -0.3 is 14.7 Å². The number of quaternary nitrogens is 1. The van der Waals surface area contributed by atoms with Gasteiger partial charge in [-0.1, -0.05) is 29.5 Å². The second-order valence-corrected chi connectivity index (χ2v) is 7.88. The first kappa shape index (κ1) is 19.0. The summed E-state index contributed by atoms with van der Waals surface area (Å²) in [5.41, 5.74) is 0.953. The molecular formula is C22H21ClFNO3. The number of ketones is 1. The molecule has 0 bridgehead atoms. The van der Waals surface area contributed by atoms with Crippen molar-refractivity contribution in [3.63, 3.8) is 0 Å². The van der Waals surface area contributed by atoms with E-state index in [-0.39, 0.29) is 27.9 Å². The highest BCUT2D eigenvalue weighted by atomic mass is 35.5. The highest BCUT2D eigenvalue weighted by Gasteiger charge is 2.32. The quantitative estimate of drug-likeness (QED) is 0.804. The van der Waals surface area contributed by atoms with Crippen LogP contribution in [-0.4, -0.2) is 18.4 Å². The summed E-state index contributed by atoms with van der Waals surface area (Å²) in [6, 6.07) is 7.67. The van der Waals surface area contributed by atoms with E-state index in [1.165, 1.54) is 41.7 Å². The van der Waals surface area contributed by atoms with Gasteiger partial charge in [-0.25, -0.2) is 4.39 Å². The second-order valence-electron chi connectivity index (χ2n) is 7.48. The zero-order valence-corrected chi connectivity index (χ0v) is 16.3. The van der Waals surface area contributed by atoms with E-state index in [1.54, 1.807) is 6.07 Å². The van der Waals surface area contributed by atoms with E-state index in [0.29, 0.717) is 29.5 Å². The van der Waals surface area contributed by atoms with Crippen molar-refractivity contribution < 1.29 is 23.9 Å². The summed E-state index contributed by atoms with van der Waals surface area (Å²) >= 11 is 6.06. The van der Waals surface area contributed by atoms with Crippen molar-refractivity contribution in [1.82, 2.24) is 0 Å². The molecule has 146 valence electrons. The maximum atomic E-state index is 14.1. The molecule has 1 fully saturated rings. The third-order valence-corrected chi connectivity index (χ3v) is 5.99. The summed E-state index contributed by atoms with van der Waals surface area (Å²) in [5.74, 6) is -0.750. The van der Waals surface area contributed by atoms with Crippen LogP contribution in [0.25, 0.3) is 6.08 Å². The Kier molecular flexibility index (Phi) is 5.13.